The maximum Gasteiger partial charge on any atom is 0.259 e. The van der Waals surface area contributed by atoms with Gasteiger partial charge in [-0.1, -0.05) is 13.8 Å². The maximum atomic E-state index is 12.0. The predicted octanol–water partition coefficient (Wildman–Crippen LogP) is 2.64. The molecule has 1 aromatic carbocycles. The highest BCUT2D eigenvalue weighted by molar-refractivity contribution is 5.98. The standard InChI is InChI=1S/C18H22N2O3/c1-12(2)18(3,11-19)20-17(22)10-23-14-7-8-15-13(9-14)5-4-6-16(15)21/h7-9,12H,4-6,10H2,1-3H3,(H,20,22)/t18-/m0/s1. The Morgan fingerprint density at radius 1 is 1.43 bits per heavy atom. The van der Waals surface area contributed by atoms with Crippen LogP contribution in [0.2, 0.25) is 0 Å². The number of benzene rings is 1. The van der Waals surface area contributed by atoms with Crippen molar-refractivity contribution in [2.45, 2.75) is 45.6 Å². The van der Waals surface area contributed by atoms with Crippen LogP contribution in [-0.4, -0.2) is 23.8 Å². The van der Waals surface area contributed by atoms with Crippen molar-refractivity contribution in [2.24, 2.45) is 5.92 Å². The van der Waals surface area contributed by atoms with Crippen LogP contribution in [0.5, 0.6) is 5.75 Å². The summed E-state index contributed by atoms with van der Waals surface area (Å²) in [5, 5.41) is 11.9. The van der Waals surface area contributed by atoms with E-state index in [2.05, 4.69) is 11.4 Å². The predicted molar refractivity (Wildman–Crippen MR) is 86.2 cm³/mol. The third-order valence-electron chi connectivity index (χ3n) is 4.38. The highest BCUT2D eigenvalue weighted by atomic mass is 16.5. The summed E-state index contributed by atoms with van der Waals surface area (Å²) in [5.74, 6) is 0.386. The third-order valence-corrected chi connectivity index (χ3v) is 4.38. The number of Topliss-reactive ketones (excluding diaryl/α,β-unsaturated/α-hetero) is 1. The van der Waals surface area contributed by atoms with Gasteiger partial charge in [-0.3, -0.25) is 9.59 Å². The molecule has 5 nitrogen and oxygen atoms in total. The molecule has 1 atom stereocenters. The molecule has 0 fully saturated rings. The average molecular weight is 314 g/mol. The maximum absolute atomic E-state index is 12.0. The number of hydrogen-bond acceptors (Lipinski definition) is 4. The van der Waals surface area contributed by atoms with Crippen LogP contribution in [0.25, 0.3) is 0 Å². The summed E-state index contributed by atoms with van der Waals surface area (Å²) in [6.07, 6.45) is 2.30. The van der Waals surface area contributed by atoms with Crippen molar-refractivity contribution in [2.75, 3.05) is 6.61 Å². The Hall–Kier alpha value is -2.35. The van der Waals surface area contributed by atoms with Crippen molar-refractivity contribution < 1.29 is 14.3 Å². The van der Waals surface area contributed by atoms with Crippen molar-refractivity contribution >= 4 is 11.7 Å². The normalized spacial score (nSPS) is 16.2. The SMILES string of the molecule is CC(C)[C@](C)(C#N)NC(=O)COc1ccc2c(c1)CCCC2=O. The van der Waals surface area contributed by atoms with Gasteiger partial charge in [0, 0.05) is 12.0 Å². The number of aryl methyl sites for hydroxylation is 1. The van der Waals surface area contributed by atoms with Gasteiger partial charge in [-0.15, -0.1) is 0 Å². The molecule has 0 heterocycles. The molecule has 5 heteroatoms. The number of carbonyl (C=O) groups is 2. The molecule has 1 aliphatic carbocycles. The fourth-order valence-electron chi connectivity index (χ4n) is 2.49. The van der Waals surface area contributed by atoms with E-state index in [9.17, 15) is 14.9 Å². The molecule has 1 aromatic rings. The largest absolute Gasteiger partial charge is 0.484 e. The van der Waals surface area contributed by atoms with Gasteiger partial charge in [0.15, 0.2) is 12.4 Å². The lowest BCUT2D eigenvalue weighted by Gasteiger charge is -2.27. The second-order valence-electron chi connectivity index (χ2n) is 6.40. The number of hydrogen-bond donors (Lipinski definition) is 1. The van der Waals surface area contributed by atoms with Gasteiger partial charge in [0.25, 0.3) is 5.91 Å². The Morgan fingerprint density at radius 3 is 2.83 bits per heavy atom. The number of ether oxygens (including phenoxy) is 1. The monoisotopic (exact) mass is 314 g/mol. The number of fused-ring (bicyclic) bond motifs is 1. The molecule has 1 amide bonds. The van der Waals surface area contributed by atoms with Crippen LogP contribution >= 0.6 is 0 Å². The summed E-state index contributed by atoms with van der Waals surface area (Å²) in [7, 11) is 0. The Kier molecular flexibility index (Phi) is 5.05. The summed E-state index contributed by atoms with van der Waals surface area (Å²) in [4.78, 5) is 23.8. The first kappa shape index (κ1) is 17.0. The fourth-order valence-corrected chi connectivity index (χ4v) is 2.49. The van der Waals surface area contributed by atoms with Crippen molar-refractivity contribution in [3.05, 3.63) is 29.3 Å². The first-order chi connectivity index (χ1) is 10.9. The number of nitriles is 1. The Balaban J connectivity index is 1.98. The van der Waals surface area contributed by atoms with Gasteiger partial charge < -0.3 is 10.1 Å². The number of nitrogens with one attached hydrogen (secondary N) is 1. The van der Waals surface area contributed by atoms with Crippen LogP contribution in [0.15, 0.2) is 18.2 Å². The smallest absolute Gasteiger partial charge is 0.259 e. The van der Waals surface area contributed by atoms with Gasteiger partial charge >= 0.3 is 0 Å². The topological polar surface area (TPSA) is 79.2 Å². The van der Waals surface area contributed by atoms with Gasteiger partial charge in [0.05, 0.1) is 6.07 Å². The molecule has 0 bridgehead atoms. The number of nitrogens with zero attached hydrogens (tertiary/aromatic N) is 1. The van der Waals surface area contributed by atoms with E-state index in [0.717, 1.165) is 24.0 Å². The average Bonchev–Trinajstić information content (AvgIpc) is 2.52. The summed E-state index contributed by atoms with van der Waals surface area (Å²) >= 11 is 0. The molecular formula is C18H22N2O3. The van der Waals surface area contributed by atoms with Crippen LogP contribution in [0, 0.1) is 17.2 Å². The number of rotatable bonds is 5. The summed E-state index contributed by atoms with van der Waals surface area (Å²) < 4.78 is 5.51. The highest BCUT2D eigenvalue weighted by Gasteiger charge is 2.30. The lowest BCUT2D eigenvalue weighted by Crippen LogP contribution is -2.50. The van der Waals surface area contributed by atoms with Crippen molar-refractivity contribution in [1.29, 1.82) is 5.26 Å². The minimum atomic E-state index is -0.914. The van der Waals surface area contributed by atoms with Gasteiger partial charge in [-0.2, -0.15) is 5.26 Å². The fraction of sp³-hybridized carbons (Fsp3) is 0.500. The Morgan fingerprint density at radius 2 is 2.17 bits per heavy atom. The second-order valence-corrected chi connectivity index (χ2v) is 6.40. The van der Waals surface area contributed by atoms with Crippen LogP contribution in [0.3, 0.4) is 0 Å². The van der Waals surface area contributed by atoms with Gasteiger partial charge in [-0.05, 0) is 49.4 Å². The van der Waals surface area contributed by atoms with E-state index in [4.69, 9.17) is 4.74 Å². The molecule has 2 rings (SSSR count). The lowest BCUT2D eigenvalue weighted by molar-refractivity contribution is -0.124. The van der Waals surface area contributed by atoms with Gasteiger partial charge in [-0.25, -0.2) is 0 Å². The zero-order valence-corrected chi connectivity index (χ0v) is 13.8. The van der Waals surface area contributed by atoms with Crippen LogP contribution in [0.4, 0.5) is 0 Å². The zero-order valence-electron chi connectivity index (χ0n) is 13.8. The quantitative estimate of drug-likeness (QED) is 0.906. The Bertz CT molecular complexity index is 661. The minimum absolute atomic E-state index is 0.00814. The molecule has 0 saturated carbocycles. The van der Waals surface area contributed by atoms with Crippen LogP contribution in [-0.2, 0) is 11.2 Å². The van der Waals surface area contributed by atoms with Crippen LogP contribution in [0.1, 0.15) is 49.5 Å². The first-order valence-corrected chi connectivity index (χ1v) is 7.87. The van der Waals surface area contributed by atoms with E-state index in [0.29, 0.717) is 12.2 Å². The molecule has 0 saturated heterocycles. The van der Waals surface area contributed by atoms with E-state index in [1.165, 1.54) is 0 Å². The van der Waals surface area contributed by atoms with E-state index >= 15 is 0 Å². The molecule has 1 aliphatic rings. The van der Waals surface area contributed by atoms with Gasteiger partial charge in [0.1, 0.15) is 11.3 Å². The highest BCUT2D eigenvalue weighted by Crippen LogP contribution is 2.25. The lowest BCUT2D eigenvalue weighted by atomic mass is 9.90. The third kappa shape index (κ3) is 3.89. The van der Waals surface area contributed by atoms with Crippen molar-refractivity contribution in [1.82, 2.24) is 5.32 Å². The second kappa shape index (κ2) is 6.82. The summed E-state index contributed by atoms with van der Waals surface area (Å²) in [6.45, 7) is 5.30. The molecule has 23 heavy (non-hydrogen) atoms. The molecule has 0 aromatic heterocycles. The van der Waals surface area contributed by atoms with Crippen molar-refractivity contribution in [3.63, 3.8) is 0 Å². The molecule has 122 valence electrons. The van der Waals surface area contributed by atoms with Crippen molar-refractivity contribution in [3.8, 4) is 11.8 Å². The number of ketones is 1. The summed E-state index contributed by atoms with van der Waals surface area (Å²) in [5.41, 5.74) is 0.816. The first-order valence-electron chi connectivity index (χ1n) is 7.87. The molecule has 0 radical (unpaired) electrons. The van der Waals surface area contributed by atoms with Crippen LogP contribution < -0.4 is 10.1 Å². The molecule has 0 aliphatic heterocycles. The molecular weight excluding hydrogens is 292 g/mol. The van der Waals surface area contributed by atoms with E-state index in [-0.39, 0.29) is 24.2 Å². The molecule has 0 unspecified atom stereocenters. The zero-order chi connectivity index (χ0) is 17.0. The van der Waals surface area contributed by atoms with E-state index in [1.807, 2.05) is 19.9 Å². The molecule has 1 N–H and O–H groups in total. The minimum Gasteiger partial charge on any atom is -0.484 e. The number of carbonyl (C=O) groups excluding carboxylic acids is 2. The number of amides is 1. The van der Waals surface area contributed by atoms with Gasteiger partial charge in [0.2, 0.25) is 0 Å². The Labute approximate surface area is 136 Å². The van der Waals surface area contributed by atoms with E-state index in [1.54, 1.807) is 19.1 Å². The molecule has 0 spiro atoms. The summed E-state index contributed by atoms with van der Waals surface area (Å²) in [6, 6.07) is 7.42. The van der Waals surface area contributed by atoms with E-state index < -0.39 is 5.54 Å².